The molecule has 26 heavy (non-hydrogen) atoms. The van der Waals surface area contributed by atoms with Crippen LogP contribution in [0.15, 0.2) is 0 Å². The number of hydrogen-bond donors (Lipinski definition) is 2. The first-order valence-electron chi connectivity index (χ1n) is 9.56. The summed E-state index contributed by atoms with van der Waals surface area (Å²) in [6.07, 6.45) is 2.91. The van der Waals surface area contributed by atoms with E-state index in [-0.39, 0.29) is 17.9 Å². The van der Waals surface area contributed by atoms with Gasteiger partial charge in [-0.15, -0.1) is 11.3 Å². The molecule has 7 heteroatoms. The van der Waals surface area contributed by atoms with Crippen LogP contribution < -0.4 is 10.2 Å². The third-order valence-corrected chi connectivity index (χ3v) is 6.54. The van der Waals surface area contributed by atoms with Gasteiger partial charge in [0.1, 0.15) is 18.1 Å². The fraction of sp³-hybridized carbons (Fsp3) is 0.684. The molecule has 1 amide bonds. The van der Waals surface area contributed by atoms with Gasteiger partial charge >= 0.3 is 5.97 Å². The molecule has 0 aromatic carbocycles. The Kier molecular flexibility index (Phi) is 6.32. The minimum absolute atomic E-state index is 0.0425. The first kappa shape index (κ1) is 19.3. The summed E-state index contributed by atoms with van der Waals surface area (Å²) in [7, 11) is 0. The predicted octanol–water partition coefficient (Wildman–Crippen LogP) is 1.29. The molecule has 1 aromatic heterocycles. The molecule has 0 bridgehead atoms. The van der Waals surface area contributed by atoms with Crippen molar-refractivity contribution < 1.29 is 24.0 Å². The summed E-state index contributed by atoms with van der Waals surface area (Å²) in [5.74, 6) is 0.247. The highest BCUT2D eigenvalue weighted by Gasteiger charge is 2.32. The molecule has 1 aliphatic carbocycles. The van der Waals surface area contributed by atoms with Gasteiger partial charge < -0.3 is 19.7 Å². The van der Waals surface area contributed by atoms with Gasteiger partial charge in [-0.1, -0.05) is 6.92 Å². The number of morpholine rings is 1. The Hall–Kier alpha value is -1.44. The standard InChI is InChI=1S/C19H28N2O4S/c1-4-25-19(23)16-14-6-5-12(2)11-15(14)26-18(16)20-17(22)13(3)21-7-9-24-10-8-21/h12-13H,4-11H2,1-3H3,(H,20,22)/p+1/t12-,13+/m1/s1. The number of thiophene rings is 1. The van der Waals surface area contributed by atoms with E-state index in [0.29, 0.717) is 36.3 Å². The lowest BCUT2D eigenvalue weighted by molar-refractivity contribution is -0.921. The van der Waals surface area contributed by atoms with Crippen molar-refractivity contribution in [2.45, 2.75) is 46.1 Å². The van der Waals surface area contributed by atoms with E-state index in [0.717, 1.165) is 37.9 Å². The number of rotatable bonds is 5. The highest BCUT2D eigenvalue weighted by atomic mass is 32.1. The Morgan fingerprint density at radius 2 is 2.12 bits per heavy atom. The van der Waals surface area contributed by atoms with Crippen LogP contribution in [0.5, 0.6) is 0 Å². The van der Waals surface area contributed by atoms with Crippen molar-refractivity contribution in [2.75, 3.05) is 38.2 Å². The highest BCUT2D eigenvalue weighted by molar-refractivity contribution is 7.17. The van der Waals surface area contributed by atoms with Crippen molar-refractivity contribution in [3.05, 3.63) is 16.0 Å². The van der Waals surface area contributed by atoms with Gasteiger partial charge in [0.25, 0.3) is 5.91 Å². The van der Waals surface area contributed by atoms with Crippen LogP contribution in [0.1, 0.15) is 48.0 Å². The number of ether oxygens (including phenoxy) is 2. The van der Waals surface area contributed by atoms with E-state index in [1.54, 1.807) is 18.3 Å². The van der Waals surface area contributed by atoms with Crippen LogP contribution in [-0.4, -0.2) is 50.8 Å². The third-order valence-electron chi connectivity index (χ3n) is 5.37. The molecule has 2 atom stereocenters. The summed E-state index contributed by atoms with van der Waals surface area (Å²) in [6, 6.07) is -0.174. The Morgan fingerprint density at radius 1 is 1.38 bits per heavy atom. The SMILES string of the molecule is CCOC(=O)c1c(NC(=O)[C@H](C)[NH+]2CCOCC2)sc2c1CC[C@@H](C)C2. The van der Waals surface area contributed by atoms with Gasteiger partial charge in [-0.25, -0.2) is 4.79 Å². The van der Waals surface area contributed by atoms with Gasteiger partial charge in [-0.3, -0.25) is 4.79 Å². The molecular formula is C19H29N2O4S+. The van der Waals surface area contributed by atoms with Crippen LogP contribution in [0, 0.1) is 5.92 Å². The zero-order valence-corrected chi connectivity index (χ0v) is 16.7. The van der Waals surface area contributed by atoms with Crippen LogP contribution in [0.4, 0.5) is 5.00 Å². The maximum Gasteiger partial charge on any atom is 0.341 e. The Bertz CT molecular complexity index is 667. The van der Waals surface area contributed by atoms with Crippen molar-refractivity contribution in [3.63, 3.8) is 0 Å². The molecule has 1 aromatic rings. The second-order valence-corrected chi connectivity index (χ2v) is 8.36. The van der Waals surface area contributed by atoms with E-state index in [2.05, 4.69) is 12.2 Å². The third kappa shape index (κ3) is 4.10. The summed E-state index contributed by atoms with van der Waals surface area (Å²) >= 11 is 1.55. The molecule has 0 saturated carbocycles. The molecule has 1 fully saturated rings. The number of nitrogens with one attached hydrogen (secondary N) is 2. The fourth-order valence-electron chi connectivity index (χ4n) is 3.73. The van der Waals surface area contributed by atoms with Gasteiger partial charge in [0, 0.05) is 4.88 Å². The van der Waals surface area contributed by atoms with Crippen molar-refractivity contribution in [2.24, 2.45) is 5.92 Å². The minimum atomic E-state index is -0.318. The van der Waals surface area contributed by atoms with Crippen molar-refractivity contribution in [1.82, 2.24) is 0 Å². The highest BCUT2D eigenvalue weighted by Crippen LogP contribution is 2.40. The van der Waals surface area contributed by atoms with Gasteiger partial charge in [0.05, 0.1) is 25.4 Å². The molecule has 1 aliphatic heterocycles. The lowest BCUT2D eigenvalue weighted by Crippen LogP contribution is -3.18. The van der Waals surface area contributed by atoms with Crippen LogP contribution in [0.3, 0.4) is 0 Å². The largest absolute Gasteiger partial charge is 0.462 e. The first-order chi connectivity index (χ1) is 12.5. The average Bonchev–Trinajstić information content (AvgIpc) is 2.98. The van der Waals surface area contributed by atoms with Gasteiger partial charge in [0.15, 0.2) is 6.04 Å². The number of quaternary nitrogens is 1. The normalized spacial score (nSPS) is 21.7. The van der Waals surface area contributed by atoms with Crippen LogP contribution in [-0.2, 0) is 27.1 Å². The van der Waals surface area contributed by atoms with Crippen molar-refractivity contribution in [1.29, 1.82) is 0 Å². The van der Waals surface area contributed by atoms with Crippen LogP contribution in [0.25, 0.3) is 0 Å². The molecular weight excluding hydrogens is 352 g/mol. The molecule has 144 valence electrons. The average molecular weight is 382 g/mol. The summed E-state index contributed by atoms with van der Waals surface area (Å²) in [4.78, 5) is 27.8. The predicted molar refractivity (Wildman–Crippen MR) is 101 cm³/mol. The lowest BCUT2D eigenvalue weighted by atomic mass is 9.88. The van der Waals surface area contributed by atoms with Crippen LogP contribution in [0.2, 0.25) is 0 Å². The number of esters is 1. The summed E-state index contributed by atoms with van der Waals surface area (Å²) in [5, 5.41) is 3.70. The molecule has 2 aliphatic rings. The molecule has 0 radical (unpaired) electrons. The smallest absolute Gasteiger partial charge is 0.341 e. The number of amides is 1. The maximum atomic E-state index is 12.8. The number of carbonyl (C=O) groups excluding carboxylic acids is 2. The van der Waals surface area contributed by atoms with Crippen LogP contribution >= 0.6 is 11.3 Å². The molecule has 6 nitrogen and oxygen atoms in total. The zero-order valence-electron chi connectivity index (χ0n) is 15.9. The molecule has 2 N–H and O–H groups in total. The van der Waals surface area contributed by atoms with E-state index < -0.39 is 0 Å². The second-order valence-electron chi connectivity index (χ2n) is 7.26. The van der Waals surface area contributed by atoms with E-state index in [9.17, 15) is 9.59 Å². The molecule has 1 saturated heterocycles. The number of anilines is 1. The second kappa shape index (κ2) is 8.50. The quantitative estimate of drug-likeness (QED) is 0.754. The van der Waals surface area contributed by atoms with E-state index in [4.69, 9.17) is 9.47 Å². The number of hydrogen-bond acceptors (Lipinski definition) is 5. The Balaban J connectivity index is 1.81. The summed E-state index contributed by atoms with van der Waals surface area (Å²) in [5.41, 5.74) is 1.66. The molecule has 0 unspecified atom stereocenters. The minimum Gasteiger partial charge on any atom is -0.462 e. The molecule has 2 heterocycles. The zero-order chi connectivity index (χ0) is 18.7. The van der Waals surface area contributed by atoms with Crippen molar-refractivity contribution in [3.8, 4) is 0 Å². The monoisotopic (exact) mass is 381 g/mol. The number of carbonyl (C=O) groups is 2. The molecule has 3 rings (SSSR count). The van der Waals surface area contributed by atoms with E-state index >= 15 is 0 Å². The fourth-order valence-corrected chi connectivity index (χ4v) is 5.13. The Morgan fingerprint density at radius 3 is 2.81 bits per heavy atom. The van der Waals surface area contributed by atoms with E-state index in [1.807, 2.05) is 6.92 Å². The lowest BCUT2D eigenvalue weighted by Gasteiger charge is -2.28. The summed E-state index contributed by atoms with van der Waals surface area (Å²) < 4.78 is 10.7. The Labute approximate surface area is 158 Å². The van der Waals surface area contributed by atoms with Gasteiger partial charge in [-0.2, -0.15) is 0 Å². The van der Waals surface area contributed by atoms with Gasteiger partial charge in [-0.05, 0) is 44.6 Å². The molecule has 0 spiro atoms. The number of fused-ring (bicyclic) bond motifs is 1. The first-order valence-corrected chi connectivity index (χ1v) is 10.4. The topological polar surface area (TPSA) is 69.1 Å². The van der Waals surface area contributed by atoms with Crippen molar-refractivity contribution >= 4 is 28.2 Å². The van der Waals surface area contributed by atoms with Gasteiger partial charge in [0.2, 0.25) is 0 Å². The summed E-state index contributed by atoms with van der Waals surface area (Å²) in [6.45, 7) is 9.35. The van der Waals surface area contributed by atoms with E-state index in [1.165, 1.54) is 9.78 Å². The maximum absolute atomic E-state index is 12.8.